The fourth-order valence-corrected chi connectivity index (χ4v) is 2.62. The van der Waals surface area contributed by atoms with Gasteiger partial charge in [0.25, 0.3) is 0 Å². The predicted octanol–water partition coefficient (Wildman–Crippen LogP) is 1.78. The van der Waals surface area contributed by atoms with Crippen LogP contribution in [-0.4, -0.2) is 50.1 Å². The molecule has 0 bridgehead atoms. The molecular formula is C16H33N3O3. The van der Waals surface area contributed by atoms with Crippen molar-refractivity contribution in [3.05, 3.63) is 0 Å². The number of ether oxygens (including phenoxy) is 2. The maximum absolute atomic E-state index is 12.0. The fraction of sp³-hybridized carbons (Fsp3) is 0.938. The Hall–Kier alpha value is -0.850. The fourth-order valence-electron chi connectivity index (χ4n) is 2.62. The van der Waals surface area contributed by atoms with E-state index in [1.165, 1.54) is 0 Å². The van der Waals surface area contributed by atoms with Crippen LogP contribution in [0, 0.1) is 0 Å². The number of carbonyl (C=O) groups excluding carboxylic acids is 1. The second kappa shape index (κ2) is 8.70. The van der Waals surface area contributed by atoms with Crippen LogP contribution in [0.4, 0.5) is 4.79 Å². The Morgan fingerprint density at radius 1 is 1.36 bits per heavy atom. The van der Waals surface area contributed by atoms with E-state index in [1.54, 1.807) is 7.11 Å². The van der Waals surface area contributed by atoms with Crippen molar-refractivity contribution in [2.45, 2.75) is 70.1 Å². The van der Waals surface area contributed by atoms with Crippen LogP contribution < -0.4 is 16.4 Å². The average Bonchev–Trinajstić information content (AvgIpc) is 2.36. The first-order chi connectivity index (χ1) is 10.3. The van der Waals surface area contributed by atoms with Gasteiger partial charge in [-0.1, -0.05) is 0 Å². The highest BCUT2D eigenvalue weighted by Crippen LogP contribution is 2.31. The lowest BCUT2D eigenvalue weighted by atomic mass is 9.76. The molecule has 0 saturated heterocycles. The first-order valence-corrected chi connectivity index (χ1v) is 8.24. The Morgan fingerprint density at radius 2 is 2.05 bits per heavy atom. The van der Waals surface area contributed by atoms with Crippen molar-refractivity contribution in [1.29, 1.82) is 0 Å². The third kappa shape index (κ3) is 6.94. The lowest BCUT2D eigenvalue weighted by molar-refractivity contribution is 0.0372. The Balaban J connectivity index is 2.46. The molecule has 1 fully saturated rings. The number of nitrogens with two attached hydrogens (primary N) is 1. The van der Waals surface area contributed by atoms with Gasteiger partial charge in [-0.25, -0.2) is 4.79 Å². The van der Waals surface area contributed by atoms with Gasteiger partial charge in [0.15, 0.2) is 0 Å². The SMILES string of the molecule is COCC(CCCN)NCC1(NC(=O)OC(C)(C)C)CCC1. The minimum atomic E-state index is -0.470. The van der Waals surface area contributed by atoms with E-state index in [-0.39, 0.29) is 17.7 Å². The molecule has 1 saturated carbocycles. The minimum Gasteiger partial charge on any atom is -0.444 e. The second-order valence-corrected chi connectivity index (χ2v) is 7.22. The van der Waals surface area contributed by atoms with Crippen LogP contribution in [0.1, 0.15) is 52.9 Å². The third-order valence-electron chi connectivity index (χ3n) is 3.93. The predicted molar refractivity (Wildman–Crippen MR) is 87.9 cm³/mol. The zero-order valence-corrected chi connectivity index (χ0v) is 14.5. The van der Waals surface area contributed by atoms with Crippen LogP contribution in [0.15, 0.2) is 0 Å². The van der Waals surface area contributed by atoms with Gasteiger partial charge < -0.3 is 25.8 Å². The molecule has 6 heteroatoms. The van der Waals surface area contributed by atoms with Gasteiger partial charge in [0.2, 0.25) is 0 Å². The summed E-state index contributed by atoms with van der Waals surface area (Å²) >= 11 is 0. The molecule has 0 aromatic rings. The van der Waals surface area contributed by atoms with Crippen molar-refractivity contribution in [2.75, 3.05) is 26.8 Å². The van der Waals surface area contributed by atoms with E-state index in [1.807, 2.05) is 20.8 Å². The maximum Gasteiger partial charge on any atom is 0.408 e. The highest BCUT2D eigenvalue weighted by molar-refractivity contribution is 5.69. The van der Waals surface area contributed by atoms with E-state index < -0.39 is 5.60 Å². The van der Waals surface area contributed by atoms with Gasteiger partial charge in [-0.15, -0.1) is 0 Å². The smallest absolute Gasteiger partial charge is 0.408 e. The molecule has 1 amide bonds. The summed E-state index contributed by atoms with van der Waals surface area (Å²) in [5, 5.41) is 6.57. The normalized spacial score (nSPS) is 18.4. The van der Waals surface area contributed by atoms with E-state index in [0.29, 0.717) is 13.2 Å². The highest BCUT2D eigenvalue weighted by atomic mass is 16.6. The summed E-state index contributed by atoms with van der Waals surface area (Å²) in [6.45, 7) is 7.70. The van der Waals surface area contributed by atoms with Crippen LogP contribution in [-0.2, 0) is 9.47 Å². The number of rotatable bonds is 9. The minimum absolute atomic E-state index is 0.183. The van der Waals surface area contributed by atoms with Gasteiger partial charge in [0.1, 0.15) is 5.60 Å². The van der Waals surface area contributed by atoms with Gasteiger partial charge in [0.05, 0.1) is 12.1 Å². The van der Waals surface area contributed by atoms with Gasteiger partial charge in [-0.05, 0) is 59.4 Å². The molecule has 1 rings (SSSR count). The van der Waals surface area contributed by atoms with Gasteiger partial charge in [-0.3, -0.25) is 0 Å². The molecule has 22 heavy (non-hydrogen) atoms. The van der Waals surface area contributed by atoms with Crippen LogP contribution in [0.5, 0.6) is 0 Å². The van der Waals surface area contributed by atoms with Crippen molar-refractivity contribution in [3.8, 4) is 0 Å². The topological polar surface area (TPSA) is 85.6 Å². The Morgan fingerprint density at radius 3 is 2.50 bits per heavy atom. The molecule has 1 aliphatic rings. The van der Waals surface area contributed by atoms with Crippen LogP contribution in [0.2, 0.25) is 0 Å². The molecule has 1 unspecified atom stereocenters. The Kier molecular flexibility index (Phi) is 7.59. The molecule has 0 aromatic heterocycles. The third-order valence-corrected chi connectivity index (χ3v) is 3.93. The van der Waals surface area contributed by atoms with Crippen molar-refractivity contribution in [2.24, 2.45) is 5.73 Å². The first-order valence-electron chi connectivity index (χ1n) is 8.24. The molecule has 0 spiro atoms. The molecule has 4 N–H and O–H groups in total. The summed E-state index contributed by atoms with van der Waals surface area (Å²) < 4.78 is 10.6. The number of hydrogen-bond acceptors (Lipinski definition) is 5. The summed E-state index contributed by atoms with van der Waals surface area (Å²) in [6, 6.07) is 0.270. The van der Waals surface area contributed by atoms with Crippen molar-refractivity contribution < 1.29 is 14.3 Å². The number of nitrogens with one attached hydrogen (secondary N) is 2. The maximum atomic E-state index is 12.0. The zero-order chi connectivity index (χ0) is 16.6. The van der Waals surface area contributed by atoms with Crippen molar-refractivity contribution in [1.82, 2.24) is 10.6 Å². The number of amides is 1. The second-order valence-electron chi connectivity index (χ2n) is 7.22. The Labute approximate surface area is 134 Å². The number of carbonyl (C=O) groups is 1. The standard InChI is InChI=1S/C16H33N3O3/c1-15(2,3)22-14(20)19-16(8-6-9-16)12-18-13(11-21-4)7-5-10-17/h13,18H,5-12,17H2,1-4H3,(H,19,20). The van der Waals surface area contributed by atoms with E-state index in [2.05, 4.69) is 10.6 Å². The molecule has 0 aromatic carbocycles. The molecule has 0 heterocycles. The average molecular weight is 315 g/mol. The van der Waals surface area contributed by atoms with Crippen LogP contribution in [0.25, 0.3) is 0 Å². The summed E-state index contributed by atoms with van der Waals surface area (Å²) in [6.07, 6.45) is 4.71. The quantitative estimate of drug-likeness (QED) is 0.604. The molecular weight excluding hydrogens is 282 g/mol. The summed E-state index contributed by atoms with van der Waals surface area (Å²) in [7, 11) is 1.70. The van der Waals surface area contributed by atoms with Gasteiger partial charge >= 0.3 is 6.09 Å². The summed E-state index contributed by atoms with van der Waals surface area (Å²) in [4.78, 5) is 12.0. The number of hydrogen-bond donors (Lipinski definition) is 3. The monoisotopic (exact) mass is 315 g/mol. The van der Waals surface area contributed by atoms with Crippen molar-refractivity contribution >= 4 is 6.09 Å². The van der Waals surface area contributed by atoms with Crippen molar-refractivity contribution in [3.63, 3.8) is 0 Å². The first kappa shape index (κ1) is 19.2. The molecule has 6 nitrogen and oxygen atoms in total. The Bertz CT molecular complexity index is 338. The zero-order valence-electron chi connectivity index (χ0n) is 14.5. The largest absolute Gasteiger partial charge is 0.444 e. The van der Waals surface area contributed by atoms with E-state index in [4.69, 9.17) is 15.2 Å². The number of alkyl carbamates (subject to hydrolysis) is 1. The molecule has 1 aliphatic carbocycles. The van der Waals surface area contributed by atoms with Gasteiger partial charge in [0, 0.05) is 19.7 Å². The van der Waals surface area contributed by atoms with E-state index >= 15 is 0 Å². The molecule has 0 radical (unpaired) electrons. The summed E-state index contributed by atoms with van der Waals surface area (Å²) in [5.74, 6) is 0. The molecule has 130 valence electrons. The number of methoxy groups -OCH3 is 1. The van der Waals surface area contributed by atoms with E-state index in [9.17, 15) is 4.79 Å². The highest BCUT2D eigenvalue weighted by Gasteiger charge is 2.39. The summed E-state index contributed by atoms with van der Waals surface area (Å²) in [5.41, 5.74) is 4.92. The van der Waals surface area contributed by atoms with Crippen LogP contribution >= 0.6 is 0 Å². The lowest BCUT2D eigenvalue weighted by Gasteiger charge is -2.43. The lowest BCUT2D eigenvalue weighted by Crippen LogP contribution is -2.61. The van der Waals surface area contributed by atoms with E-state index in [0.717, 1.165) is 38.6 Å². The van der Waals surface area contributed by atoms with Gasteiger partial charge in [-0.2, -0.15) is 0 Å². The van der Waals surface area contributed by atoms with Crippen LogP contribution in [0.3, 0.4) is 0 Å². The molecule has 1 atom stereocenters. The molecule has 0 aliphatic heterocycles.